The van der Waals surface area contributed by atoms with Gasteiger partial charge in [-0.3, -0.25) is 9.36 Å². The van der Waals surface area contributed by atoms with Gasteiger partial charge in [0.05, 0.1) is 12.3 Å². The molecule has 1 amide bonds. The number of thioether (sulfide) groups is 1. The largest absolute Gasteiger partial charge is 0.351 e. The molecule has 0 aliphatic heterocycles. The number of carbonyl (C=O) groups excluding carboxylic acids is 1. The van der Waals surface area contributed by atoms with Crippen molar-refractivity contribution in [3.63, 3.8) is 0 Å². The van der Waals surface area contributed by atoms with Gasteiger partial charge in [-0.1, -0.05) is 42.1 Å². The molecule has 0 aliphatic carbocycles. The van der Waals surface area contributed by atoms with Gasteiger partial charge in [0.2, 0.25) is 5.91 Å². The first-order chi connectivity index (χ1) is 13.3. The van der Waals surface area contributed by atoms with Crippen LogP contribution < -0.4 is 5.32 Å². The highest BCUT2D eigenvalue weighted by Crippen LogP contribution is 2.25. The third-order valence-electron chi connectivity index (χ3n) is 3.85. The normalized spacial score (nSPS) is 11.4. The van der Waals surface area contributed by atoms with Crippen LogP contribution in [0.3, 0.4) is 0 Å². The second kappa shape index (κ2) is 8.56. The first-order valence-electron chi connectivity index (χ1n) is 8.99. The van der Waals surface area contributed by atoms with Gasteiger partial charge in [-0.15, -0.1) is 10.2 Å². The standard InChI is InChI=1S/C21H23FN4OS/c1-21(2,3)23-18(27)14-28-20-25-24-19(16-9-11-17(22)12-10-16)26(20)13-15-7-5-4-6-8-15/h4-12H,13-14H2,1-3H3,(H,23,27). The summed E-state index contributed by atoms with van der Waals surface area (Å²) in [7, 11) is 0. The zero-order valence-corrected chi connectivity index (χ0v) is 17.0. The summed E-state index contributed by atoms with van der Waals surface area (Å²) in [5, 5.41) is 12.2. The number of hydrogen-bond acceptors (Lipinski definition) is 4. The summed E-state index contributed by atoms with van der Waals surface area (Å²) in [5.41, 5.74) is 1.58. The molecule has 0 fully saturated rings. The van der Waals surface area contributed by atoms with Crippen molar-refractivity contribution in [1.82, 2.24) is 20.1 Å². The van der Waals surface area contributed by atoms with Gasteiger partial charge in [0.15, 0.2) is 11.0 Å². The van der Waals surface area contributed by atoms with Crippen molar-refractivity contribution in [3.05, 3.63) is 66.0 Å². The summed E-state index contributed by atoms with van der Waals surface area (Å²) in [6.07, 6.45) is 0. The Balaban J connectivity index is 1.87. The Morgan fingerprint density at radius 1 is 1.07 bits per heavy atom. The number of nitrogens with zero attached hydrogens (tertiary/aromatic N) is 3. The van der Waals surface area contributed by atoms with Gasteiger partial charge in [0, 0.05) is 11.1 Å². The predicted molar refractivity (Wildman–Crippen MR) is 110 cm³/mol. The Morgan fingerprint density at radius 3 is 2.39 bits per heavy atom. The van der Waals surface area contributed by atoms with E-state index in [1.54, 1.807) is 12.1 Å². The zero-order chi connectivity index (χ0) is 20.1. The molecule has 3 rings (SSSR count). The van der Waals surface area contributed by atoms with Crippen LogP contribution in [0, 0.1) is 5.82 Å². The number of benzene rings is 2. The van der Waals surface area contributed by atoms with Crippen LogP contribution in [-0.2, 0) is 11.3 Å². The predicted octanol–water partition coefficient (Wildman–Crippen LogP) is 4.14. The Kier molecular flexibility index (Phi) is 6.14. The van der Waals surface area contributed by atoms with Crippen molar-refractivity contribution in [3.8, 4) is 11.4 Å². The molecule has 0 radical (unpaired) electrons. The van der Waals surface area contributed by atoms with Crippen molar-refractivity contribution < 1.29 is 9.18 Å². The Hall–Kier alpha value is -2.67. The summed E-state index contributed by atoms with van der Waals surface area (Å²) < 4.78 is 15.3. The van der Waals surface area contributed by atoms with Gasteiger partial charge in [-0.2, -0.15) is 0 Å². The van der Waals surface area contributed by atoms with E-state index in [2.05, 4.69) is 15.5 Å². The quantitative estimate of drug-likeness (QED) is 0.634. The molecule has 1 N–H and O–H groups in total. The number of hydrogen-bond donors (Lipinski definition) is 1. The first-order valence-corrected chi connectivity index (χ1v) is 9.97. The van der Waals surface area contributed by atoms with Crippen molar-refractivity contribution in [2.24, 2.45) is 0 Å². The van der Waals surface area contributed by atoms with Gasteiger partial charge < -0.3 is 5.32 Å². The highest BCUT2D eigenvalue weighted by atomic mass is 32.2. The van der Waals surface area contributed by atoms with Crippen LogP contribution in [0.4, 0.5) is 4.39 Å². The van der Waals surface area contributed by atoms with Gasteiger partial charge in [0.1, 0.15) is 5.82 Å². The average Bonchev–Trinajstić information content (AvgIpc) is 3.03. The Bertz CT molecular complexity index is 933. The van der Waals surface area contributed by atoms with Gasteiger partial charge >= 0.3 is 0 Å². The number of amides is 1. The molecule has 7 heteroatoms. The van der Waals surface area contributed by atoms with Gasteiger partial charge in [0.25, 0.3) is 0 Å². The fourth-order valence-electron chi connectivity index (χ4n) is 2.70. The maximum Gasteiger partial charge on any atom is 0.230 e. The van der Waals surface area contributed by atoms with Crippen LogP contribution in [0.15, 0.2) is 59.8 Å². The lowest BCUT2D eigenvalue weighted by molar-refractivity contribution is -0.119. The minimum atomic E-state index is -0.300. The lowest BCUT2D eigenvalue weighted by Crippen LogP contribution is -2.41. The zero-order valence-electron chi connectivity index (χ0n) is 16.1. The number of aromatic nitrogens is 3. The Labute approximate surface area is 168 Å². The van der Waals surface area contributed by atoms with Crippen molar-refractivity contribution >= 4 is 17.7 Å². The highest BCUT2D eigenvalue weighted by Gasteiger charge is 2.18. The van der Waals surface area contributed by atoms with Crippen LogP contribution in [0.5, 0.6) is 0 Å². The highest BCUT2D eigenvalue weighted by molar-refractivity contribution is 7.99. The fourth-order valence-corrected chi connectivity index (χ4v) is 3.44. The van der Waals surface area contributed by atoms with Crippen LogP contribution in [0.1, 0.15) is 26.3 Å². The van der Waals surface area contributed by atoms with Crippen LogP contribution in [-0.4, -0.2) is 32.0 Å². The molecule has 0 saturated carbocycles. The lowest BCUT2D eigenvalue weighted by atomic mass is 10.1. The molecule has 1 aromatic heterocycles. The lowest BCUT2D eigenvalue weighted by Gasteiger charge is -2.20. The van der Waals surface area contributed by atoms with Gasteiger partial charge in [-0.05, 0) is 50.6 Å². The van der Waals surface area contributed by atoms with E-state index < -0.39 is 0 Å². The smallest absolute Gasteiger partial charge is 0.230 e. The molecule has 0 atom stereocenters. The van der Waals surface area contributed by atoms with E-state index in [1.807, 2.05) is 55.7 Å². The van der Waals surface area contributed by atoms with Crippen LogP contribution >= 0.6 is 11.8 Å². The number of nitrogens with one attached hydrogen (secondary N) is 1. The third-order valence-corrected chi connectivity index (χ3v) is 4.82. The summed E-state index contributed by atoms with van der Waals surface area (Å²) in [6.45, 7) is 6.39. The van der Waals surface area contributed by atoms with Crippen LogP contribution in [0.25, 0.3) is 11.4 Å². The topological polar surface area (TPSA) is 59.8 Å². The van der Waals surface area contributed by atoms with Crippen molar-refractivity contribution in [2.45, 2.75) is 38.0 Å². The van der Waals surface area contributed by atoms with E-state index in [0.717, 1.165) is 11.1 Å². The monoisotopic (exact) mass is 398 g/mol. The van der Waals surface area contributed by atoms with E-state index >= 15 is 0 Å². The van der Waals surface area contributed by atoms with Crippen molar-refractivity contribution in [2.75, 3.05) is 5.75 Å². The molecule has 5 nitrogen and oxygen atoms in total. The summed E-state index contributed by atoms with van der Waals surface area (Å²) >= 11 is 1.34. The number of rotatable bonds is 6. The number of halogens is 1. The molecule has 28 heavy (non-hydrogen) atoms. The molecule has 0 bridgehead atoms. The molecular formula is C21H23FN4OS. The van der Waals surface area contributed by atoms with Crippen molar-refractivity contribution in [1.29, 1.82) is 0 Å². The van der Waals surface area contributed by atoms with Crippen LogP contribution in [0.2, 0.25) is 0 Å². The Morgan fingerprint density at radius 2 is 1.75 bits per heavy atom. The molecule has 0 aliphatic rings. The van der Waals surface area contributed by atoms with E-state index in [1.165, 1.54) is 23.9 Å². The van der Waals surface area contributed by atoms with E-state index in [-0.39, 0.29) is 23.0 Å². The fraction of sp³-hybridized carbons (Fsp3) is 0.286. The van der Waals surface area contributed by atoms with E-state index in [0.29, 0.717) is 17.5 Å². The molecule has 3 aromatic rings. The van der Waals surface area contributed by atoms with Gasteiger partial charge in [-0.25, -0.2) is 4.39 Å². The maximum absolute atomic E-state index is 13.3. The molecule has 2 aromatic carbocycles. The van der Waals surface area contributed by atoms with E-state index in [9.17, 15) is 9.18 Å². The molecule has 0 unspecified atom stereocenters. The molecule has 1 heterocycles. The molecule has 0 spiro atoms. The summed E-state index contributed by atoms with van der Waals surface area (Å²) in [4.78, 5) is 12.2. The average molecular weight is 399 g/mol. The SMILES string of the molecule is CC(C)(C)NC(=O)CSc1nnc(-c2ccc(F)cc2)n1Cc1ccccc1. The summed E-state index contributed by atoms with van der Waals surface area (Å²) in [6, 6.07) is 16.1. The second-order valence-electron chi connectivity index (χ2n) is 7.47. The number of carbonyl (C=O) groups is 1. The summed E-state index contributed by atoms with van der Waals surface area (Å²) in [5.74, 6) is 0.525. The molecule has 146 valence electrons. The maximum atomic E-state index is 13.3. The minimum absolute atomic E-state index is 0.0601. The molecular weight excluding hydrogens is 375 g/mol. The van der Waals surface area contributed by atoms with E-state index in [4.69, 9.17) is 0 Å². The second-order valence-corrected chi connectivity index (χ2v) is 8.41. The molecule has 0 saturated heterocycles. The third kappa shape index (κ3) is 5.42. The minimum Gasteiger partial charge on any atom is -0.351 e. The first kappa shape index (κ1) is 20.1.